The lowest BCUT2D eigenvalue weighted by molar-refractivity contribution is 0.0698. The molecular formula is C22H24ClN5O4S. The fourth-order valence-electron chi connectivity index (χ4n) is 4.05. The van der Waals surface area contributed by atoms with E-state index in [-0.39, 0.29) is 37.1 Å². The van der Waals surface area contributed by atoms with Crippen molar-refractivity contribution in [3.63, 3.8) is 0 Å². The number of carbonyl (C=O) groups is 2. The van der Waals surface area contributed by atoms with E-state index in [1.165, 1.54) is 24.9 Å². The molecular weight excluding hydrogens is 466 g/mol. The Hall–Kier alpha value is -2.90. The minimum Gasteiger partial charge on any atom is -0.345 e. The van der Waals surface area contributed by atoms with Crippen LogP contribution < -0.4 is 5.32 Å². The van der Waals surface area contributed by atoms with Crippen LogP contribution in [0.3, 0.4) is 0 Å². The summed E-state index contributed by atoms with van der Waals surface area (Å²) < 4.78 is 25.0. The molecule has 1 aliphatic heterocycles. The molecule has 0 atom stereocenters. The highest BCUT2D eigenvalue weighted by Gasteiger charge is 2.61. The third-order valence-electron chi connectivity index (χ3n) is 6.32. The fraction of sp³-hybridized carbons (Fsp3) is 0.455. The van der Waals surface area contributed by atoms with Crippen LogP contribution in [0.4, 0.5) is 0 Å². The summed E-state index contributed by atoms with van der Waals surface area (Å²) in [4.78, 5) is 31.4. The van der Waals surface area contributed by atoms with Gasteiger partial charge in [-0.2, -0.15) is 5.26 Å². The first-order valence-electron chi connectivity index (χ1n) is 10.5. The zero-order chi connectivity index (χ0) is 24.0. The number of nitrogens with one attached hydrogen (secondary N) is 1. The van der Waals surface area contributed by atoms with Crippen molar-refractivity contribution in [3.8, 4) is 6.07 Å². The van der Waals surface area contributed by atoms with Gasteiger partial charge in [0.05, 0.1) is 17.0 Å². The second kappa shape index (κ2) is 8.15. The number of hydrogen-bond acceptors (Lipinski definition) is 6. The minimum atomic E-state index is -3.77. The highest BCUT2D eigenvalue weighted by Crippen LogP contribution is 2.49. The Morgan fingerprint density at radius 3 is 2.55 bits per heavy atom. The summed E-state index contributed by atoms with van der Waals surface area (Å²) in [5, 5.41) is 12.7. The van der Waals surface area contributed by atoms with Crippen LogP contribution in [0.25, 0.3) is 0 Å². The van der Waals surface area contributed by atoms with Crippen molar-refractivity contribution in [2.45, 2.75) is 49.3 Å². The molecule has 1 aromatic heterocycles. The molecule has 33 heavy (non-hydrogen) atoms. The van der Waals surface area contributed by atoms with E-state index < -0.39 is 25.2 Å². The molecule has 2 aromatic rings. The molecule has 0 unspecified atom stereocenters. The average Bonchev–Trinajstić information content (AvgIpc) is 3.45. The zero-order valence-corrected chi connectivity index (χ0v) is 19.9. The van der Waals surface area contributed by atoms with Gasteiger partial charge in [-0.05, 0) is 44.4 Å². The largest absolute Gasteiger partial charge is 0.345 e. The van der Waals surface area contributed by atoms with E-state index >= 15 is 0 Å². The smallest absolute Gasteiger partial charge is 0.287 e. The number of imidazole rings is 1. The number of fused-ring (bicyclic) bond motifs is 1. The molecule has 1 aliphatic carbocycles. The zero-order valence-electron chi connectivity index (χ0n) is 18.3. The number of carbonyl (C=O) groups excluding carboxylic acids is 2. The maximum Gasteiger partial charge on any atom is 0.287 e. The van der Waals surface area contributed by atoms with Gasteiger partial charge in [-0.3, -0.25) is 9.59 Å². The molecule has 2 aliphatic rings. The van der Waals surface area contributed by atoms with Crippen LogP contribution in [-0.2, 0) is 22.9 Å². The molecule has 0 bridgehead atoms. The second-order valence-corrected chi connectivity index (χ2v) is 12.3. The maximum atomic E-state index is 13.1. The van der Waals surface area contributed by atoms with Gasteiger partial charge >= 0.3 is 0 Å². The Labute approximate surface area is 197 Å². The summed E-state index contributed by atoms with van der Waals surface area (Å²) in [6.45, 7) is 3.68. The maximum absolute atomic E-state index is 13.1. The van der Waals surface area contributed by atoms with Gasteiger partial charge in [-0.15, -0.1) is 0 Å². The van der Waals surface area contributed by atoms with Crippen molar-refractivity contribution in [2.75, 3.05) is 13.1 Å². The van der Waals surface area contributed by atoms with E-state index in [0.717, 1.165) is 5.56 Å². The van der Waals surface area contributed by atoms with Crippen LogP contribution in [0, 0.1) is 11.3 Å². The number of benzene rings is 1. The van der Waals surface area contributed by atoms with Crippen molar-refractivity contribution in [3.05, 3.63) is 52.6 Å². The van der Waals surface area contributed by atoms with E-state index in [1.807, 2.05) is 6.07 Å². The molecule has 4 rings (SSSR count). The summed E-state index contributed by atoms with van der Waals surface area (Å²) >= 11 is 5.87. The summed E-state index contributed by atoms with van der Waals surface area (Å²) in [5.41, 5.74) is 1.11. The molecule has 0 radical (unpaired) electrons. The van der Waals surface area contributed by atoms with Crippen molar-refractivity contribution in [1.29, 1.82) is 5.26 Å². The molecule has 0 spiro atoms. The molecule has 1 saturated carbocycles. The quantitative estimate of drug-likeness (QED) is 0.635. The number of hydrogen-bond donors (Lipinski definition) is 1. The van der Waals surface area contributed by atoms with Gasteiger partial charge < -0.3 is 14.8 Å². The molecule has 11 heteroatoms. The van der Waals surface area contributed by atoms with Crippen LogP contribution in [0.15, 0.2) is 30.5 Å². The highest BCUT2D eigenvalue weighted by atomic mass is 35.5. The Morgan fingerprint density at radius 2 is 1.94 bits per heavy atom. The topological polar surface area (TPSA) is 125 Å². The van der Waals surface area contributed by atoms with Gasteiger partial charge in [0, 0.05) is 31.2 Å². The molecule has 2 amide bonds. The van der Waals surface area contributed by atoms with Crippen molar-refractivity contribution < 1.29 is 18.0 Å². The van der Waals surface area contributed by atoms with E-state index in [9.17, 15) is 23.3 Å². The monoisotopic (exact) mass is 489 g/mol. The lowest BCUT2D eigenvalue weighted by atomic mass is 10.2. The number of halogens is 1. The second-order valence-electron chi connectivity index (χ2n) is 8.96. The molecule has 174 valence electrons. The van der Waals surface area contributed by atoms with Crippen LogP contribution in [0.2, 0.25) is 5.02 Å². The molecule has 9 nitrogen and oxygen atoms in total. The minimum absolute atomic E-state index is 0.0303. The highest BCUT2D eigenvalue weighted by molar-refractivity contribution is 7.94. The third kappa shape index (κ3) is 4.00. The summed E-state index contributed by atoms with van der Waals surface area (Å²) in [7, 11) is -3.77. The van der Waals surface area contributed by atoms with Crippen LogP contribution >= 0.6 is 11.6 Å². The van der Waals surface area contributed by atoms with Gasteiger partial charge in [0.25, 0.3) is 11.8 Å². The Balaban J connectivity index is 1.47. The Morgan fingerprint density at radius 1 is 1.27 bits per heavy atom. The number of sulfone groups is 1. The lowest BCUT2D eigenvalue weighted by Gasteiger charge is -2.33. The first kappa shape index (κ1) is 23.3. The summed E-state index contributed by atoms with van der Waals surface area (Å²) in [6, 6.07) is 8.96. The van der Waals surface area contributed by atoms with E-state index in [4.69, 9.17) is 11.6 Å². The first-order valence-corrected chi connectivity index (χ1v) is 12.4. The van der Waals surface area contributed by atoms with Crippen LogP contribution in [0.1, 0.15) is 53.4 Å². The Kier molecular flexibility index (Phi) is 5.75. The van der Waals surface area contributed by atoms with Gasteiger partial charge in [-0.1, -0.05) is 23.7 Å². The number of nitrogens with zero attached hydrogens (tertiary/aromatic N) is 4. The average molecular weight is 490 g/mol. The van der Waals surface area contributed by atoms with Crippen molar-refractivity contribution in [1.82, 2.24) is 19.8 Å². The van der Waals surface area contributed by atoms with Gasteiger partial charge in [0.1, 0.15) is 5.69 Å². The molecule has 1 N–H and O–H groups in total. The van der Waals surface area contributed by atoms with E-state index in [0.29, 0.717) is 24.4 Å². The normalized spacial score (nSPS) is 17.3. The van der Waals surface area contributed by atoms with Gasteiger partial charge in [0.2, 0.25) is 0 Å². The number of nitriles is 1. The molecule has 2 heterocycles. The number of amides is 2. The molecule has 1 aromatic carbocycles. The summed E-state index contributed by atoms with van der Waals surface area (Å²) in [6.07, 6.45) is 2.18. The van der Waals surface area contributed by atoms with Gasteiger partial charge in [-0.25, -0.2) is 13.4 Å². The predicted molar refractivity (Wildman–Crippen MR) is 121 cm³/mol. The summed E-state index contributed by atoms with van der Waals surface area (Å²) in [5.74, 6) is -0.650. The number of aromatic nitrogens is 2. The fourth-order valence-corrected chi connectivity index (χ4v) is 6.35. The number of rotatable bonds is 7. The Bertz CT molecular complexity index is 1260. The molecule has 1 fully saturated rings. The lowest BCUT2D eigenvalue weighted by Crippen LogP contribution is -2.50. The standard InChI is InChI=1S/C22H24ClN5O4S/c1-21(2,13-24)33(31,32)22(7-8-22)14-27-9-10-28-17(20(27)30)12-25-18(28)19(29)26-11-15-3-5-16(23)6-4-15/h3-6,12H,7-11,14H2,1-2H3,(H,26,29). The van der Waals surface area contributed by atoms with Crippen molar-refractivity contribution in [2.24, 2.45) is 0 Å². The van der Waals surface area contributed by atoms with Crippen LogP contribution in [0.5, 0.6) is 0 Å². The SMILES string of the molecule is CC(C)(C#N)S(=O)(=O)C1(CN2CCn3c(cnc3C(=O)NCc3ccc(Cl)cc3)C2=O)CC1. The van der Waals surface area contributed by atoms with Gasteiger partial charge in [0.15, 0.2) is 20.4 Å². The molecule has 0 saturated heterocycles. The van der Waals surface area contributed by atoms with Crippen molar-refractivity contribution >= 4 is 33.3 Å². The van der Waals surface area contributed by atoms with E-state index in [2.05, 4.69) is 10.3 Å². The van der Waals surface area contributed by atoms with E-state index in [1.54, 1.807) is 28.8 Å². The van der Waals surface area contributed by atoms with Crippen LogP contribution in [-0.4, -0.2) is 57.3 Å². The third-order valence-corrected chi connectivity index (χ3v) is 9.69. The first-order chi connectivity index (χ1) is 15.5. The predicted octanol–water partition coefficient (Wildman–Crippen LogP) is 2.17.